The highest BCUT2D eigenvalue weighted by molar-refractivity contribution is 7.19. The summed E-state index contributed by atoms with van der Waals surface area (Å²) in [6.45, 7) is 1.91. The molecule has 3 aromatic heterocycles. The van der Waals surface area contributed by atoms with Gasteiger partial charge in [0.25, 0.3) is 0 Å². The first-order chi connectivity index (χ1) is 12.8. The molecule has 0 unspecified atom stereocenters. The summed E-state index contributed by atoms with van der Waals surface area (Å²) in [5.74, 6) is 0. The van der Waals surface area contributed by atoms with E-state index in [1.807, 2.05) is 30.3 Å². The Balaban J connectivity index is 1.95. The van der Waals surface area contributed by atoms with Gasteiger partial charge in [-0.15, -0.1) is 11.3 Å². The number of pyridine rings is 1. The Labute approximate surface area is 162 Å². The molecule has 0 bridgehead atoms. The van der Waals surface area contributed by atoms with E-state index in [9.17, 15) is 13.2 Å². The van der Waals surface area contributed by atoms with Crippen molar-refractivity contribution < 1.29 is 13.2 Å². The zero-order valence-electron chi connectivity index (χ0n) is 14.1. The predicted octanol–water partition coefficient (Wildman–Crippen LogP) is 6.19. The van der Waals surface area contributed by atoms with Crippen LogP contribution >= 0.6 is 22.9 Å². The van der Waals surface area contributed by atoms with E-state index >= 15 is 0 Å². The fraction of sp³-hybridized carbons (Fsp3) is 0.158. The lowest BCUT2D eigenvalue weighted by atomic mass is 10.1. The molecule has 0 amide bonds. The van der Waals surface area contributed by atoms with Gasteiger partial charge in [-0.1, -0.05) is 41.9 Å². The number of hydrogen-bond acceptors (Lipinski definition) is 3. The topological polar surface area (TPSA) is 30.7 Å². The summed E-state index contributed by atoms with van der Waals surface area (Å²) >= 11 is 7.14. The van der Waals surface area contributed by atoms with E-state index in [-0.39, 0.29) is 16.7 Å². The average molecular weight is 408 g/mol. The molecule has 0 aliphatic heterocycles. The molecule has 0 aliphatic rings. The van der Waals surface area contributed by atoms with Crippen LogP contribution in [0, 0.1) is 6.92 Å². The third-order valence-electron chi connectivity index (χ3n) is 4.18. The van der Waals surface area contributed by atoms with Gasteiger partial charge in [-0.3, -0.25) is 0 Å². The number of hydrogen-bond donors (Lipinski definition) is 0. The van der Waals surface area contributed by atoms with Crippen molar-refractivity contribution in [2.75, 3.05) is 0 Å². The molecule has 8 heteroatoms. The number of rotatable bonds is 3. The maximum atomic E-state index is 13.7. The predicted molar refractivity (Wildman–Crippen MR) is 101 cm³/mol. The van der Waals surface area contributed by atoms with Gasteiger partial charge in [0.1, 0.15) is 0 Å². The number of nitrogens with zero attached hydrogens (tertiary/aromatic N) is 3. The molecule has 4 rings (SSSR count). The SMILES string of the molecule is Cc1nn(Cc2ccccc2)c2nc(-c3ccc(Cl)s3)cc(C(F)(F)F)c12. The normalized spacial score (nSPS) is 12.0. The minimum Gasteiger partial charge on any atom is -0.243 e. The summed E-state index contributed by atoms with van der Waals surface area (Å²) in [5, 5.41) is 4.36. The van der Waals surface area contributed by atoms with Crippen molar-refractivity contribution in [2.45, 2.75) is 19.6 Å². The minimum atomic E-state index is -4.51. The first-order valence-electron chi connectivity index (χ1n) is 8.08. The number of fused-ring (bicyclic) bond motifs is 1. The Morgan fingerprint density at radius 2 is 1.85 bits per heavy atom. The second-order valence-electron chi connectivity index (χ2n) is 6.08. The molecule has 3 heterocycles. The van der Waals surface area contributed by atoms with E-state index in [4.69, 9.17) is 11.6 Å². The van der Waals surface area contributed by atoms with Crippen LogP contribution in [0.4, 0.5) is 13.2 Å². The van der Waals surface area contributed by atoms with E-state index in [2.05, 4.69) is 10.1 Å². The molecular formula is C19H13ClF3N3S. The maximum absolute atomic E-state index is 13.7. The number of halogens is 4. The van der Waals surface area contributed by atoms with E-state index < -0.39 is 11.7 Å². The standard InChI is InChI=1S/C19H13ClF3N3S/c1-11-17-13(19(21,22)23)9-14(15-7-8-16(20)27-15)24-18(17)26(25-11)10-12-5-3-2-4-6-12/h2-9H,10H2,1H3. The van der Waals surface area contributed by atoms with Gasteiger partial charge in [0.05, 0.1) is 38.1 Å². The Kier molecular flexibility index (Phi) is 4.44. The zero-order valence-corrected chi connectivity index (χ0v) is 15.7. The van der Waals surface area contributed by atoms with Gasteiger partial charge in [0, 0.05) is 0 Å². The molecule has 0 fully saturated rings. The van der Waals surface area contributed by atoms with Crippen LogP contribution in [0.2, 0.25) is 4.34 Å². The minimum absolute atomic E-state index is 0.0323. The Morgan fingerprint density at radius 1 is 1.11 bits per heavy atom. The van der Waals surface area contributed by atoms with Crippen LogP contribution in [-0.4, -0.2) is 14.8 Å². The summed E-state index contributed by atoms with van der Waals surface area (Å²) in [7, 11) is 0. The van der Waals surface area contributed by atoms with Crippen molar-refractivity contribution in [2.24, 2.45) is 0 Å². The second kappa shape index (κ2) is 6.65. The number of thiophene rings is 1. The maximum Gasteiger partial charge on any atom is 0.417 e. The van der Waals surface area contributed by atoms with Crippen molar-refractivity contribution in [3.63, 3.8) is 0 Å². The summed E-state index contributed by atoms with van der Waals surface area (Å²) in [4.78, 5) is 5.08. The fourth-order valence-corrected chi connectivity index (χ4v) is 4.03. The van der Waals surface area contributed by atoms with Crippen LogP contribution in [0.5, 0.6) is 0 Å². The highest BCUT2D eigenvalue weighted by Gasteiger charge is 2.35. The molecule has 27 heavy (non-hydrogen) atoms. The third-order valence-corrected chi connectivity index (χ3v) is 5.44. The molecule has 4 aromatic rings. The number of aryl methyl sites for hydroxylation is 1. The summed E-state index contributed by atoms with van der Waals surface area (Å²) in [6.07, 6.45) is -4.51. The molecule has 1 aromatic carbocycles. The van der Waals surface area contributed by atoms with Gasteiger partial charge in [-0.2, -0.15) is 18.3 Å². The summed E-state index contributed by atoms with van der Waals surface area (Å²) < 4.78 is 43.3. The second-order valence-corrected chi connectivity index (χ2v) is 7.80. The molecular weight excluding hydrogens is 395 g/mol. The van der Waals surface area contributed by atoms with Gasteiger partial charge >= 0.3 is 6.18 Å². The molecule has 0 saturated heterocycles. The van der Waals surface area contributed by atoms with Gasteiger partial charge in [0.2, 0.25) is 0 Å². The van der Waals surface area contributed by atoms with Crippen LogP contribution in [0.25, 0.3) is 21.6 Å². The first kappa shape index (κ1) is 18.0. The lowest BCUT2D eigenvalue weighted by Crippen LogP contribution is -2.08. The zero-order chi connectivity index (χ0) is 19.2. The van der Waals surface area contributed by atoms with Crippen molar-refractivity contribution in [1.82, 2.24) is 14.8 Å². The molecule has 3 nitrogen and oxygen atoms in total. The highest BCUT2D eigenvalue weighted by Crippen LogP contribution is 2.39. The molecule has 0 atom stereocenters. The average Bonchev–Trinajstić information content (AvgIpc) is 3.18. The molecule has 0 radical (unpaired) electrons. The largest absolute Gasteiger partial charge is 0.417 e. The van der Waals surface area contributed by atoms with Gasteiger partial charge in [-0.05, 0) is 30.7 Å². The summed E-state index contributed by atoms with van der Waals surface area (Å²) in [5.41, 5.74) is 0.953. The van der Waals surface area contributed by atoms with Crippen LogP contribution in [-0.2, 0) is 12.7 Å². The third kappa shape index (κ3) is 3.44. The van der Waals surface area contributed by atoms with Crippen molar-refractivity contribution in [3.05, 3.63) is 69.7 Å². The van der Waals surface area contributed by atoms with Crippen LogP contribution in [0.15, 0.2) is 48.5 Å². The molecule has 0 spiro atoms. The van der Waals surface area contributed by atoms with Crippen molar-refractivity contribution in [3.8, 4) is 10.6 Å². The van der Waals surface area contributed by atoms with Crippen molar-refractivity contribution in [1.29, 1.82) is 0 Å². The molecule has 0 aliphatic carbocycles. The number of aromatic nitrogens is 3. The van der Waals surface area contributed by atoms with Gasteiger partial charge in [0.15, 0.2) is 5.65 Å². The van der Waals surface area contributed by atoms with Gasteiger partial charge < -0.3 is 0 Å². The van der Waals surface area contributed by atoms with E-state index in [1.165, 1.54) is 16.0 Å². The van der Waals surface area contributed by atoms with Gasteiger partial charge in [-0.25, -0.2) is 9.67 Å². The number of benzene rings is 1. The smallest absolute Gasteiger partial charge is 0.243 e. The highest BCUT2D eigenvalue weighted by atomic mass is 35.5. The lowest BCUT2D eigenvalue weighted by molar-refractivity contribution is -0.136. The van der Waals surface area contributed by atoms with Crippen molar-refractivity contribution >= 4 is 34.0 Å². The number of alkyl halides is 3. The molecule has 0 saturated carbocycles. The molecule has 0 N–H and O–H groups in total. The van der Waals surface area contributed by atoms with Crippen LogP contribution in [0.3, 0.4) is 0 Å². The Hall–Kier alpha value is -2.38. The van der Waals surface area contributed by atoms with E-state index in [1.54, 1.807) is 19.1 Å². The fourth-order valence-electron chi connectivity index (χ4n) is 3.02. The van der Waals surface area contributed by atoms with E-state index in [0.717, 1.165) is 11.6 Å². The summed E-state index contributed by atoms with van der Waals surface area (Å²) in [6, 6.07) is 13.8. The Morgan fingerprint density at radius 3 is 2.48 bits per heavy atom. The first-order valence-corrected chi connectivity index (χ1v) is 9.27. The quantitative estimate of drug-likeness (QED) is 0.405. The molecule has 138 valence electrons. The lowest BCUT2D eigenvalue weighted by Gasteiger charge is -2.11. The monoisotopic (exact) mass is 407 g/mol. The Bertz CT molecular complexity index is 1120. The van der Waals surface area contributed by atoms with E-state index in [0.29, 0.717) is 21.5 Å². The van der Waals surface area contributed by atoms with Crippen LogP contribution in [0.1, 0.15) is 16.8 Å². The van der Waals surface area contributed by atoms with Crippen LogP contribution < -0.4 is 0 Å².